The van der Waals surface area contributed by atoms with E-state index < -0.39 is 23.9 Å². The van der Waals surface area contributed by atoms with Gasteiger partial charge in [-0.3, -0.25) is 9.59 Å². The molecule has 0 aliphatic rings. The van der Waals surface area contributed by atoms with E-state index >= 15 is 0 Å². The molecule has 3 N–H and O–H groups in total. The van der Waals surface area contributed by atoms with Gasteiger partial charge >= 0.3 is 11.9 Å². The van der Waals surface area contributed by atoms with Gasteiger partial charge in [0.15, 0.2) is 0 Å². The quantitative estimate of drug-likeness (QED) is 0.344. The zero-order valence-electron chi connectivity index (χ0n) is 17.9. The van der Waals surface area contributed by atoms with E-state index in [1.54, 1.807) is 35.6 Å². The summed E-state index contributed by atoms with van der Waals surface area (Å²) in [6.07, 6.45) is 0.428. The topological polar surface area (TPSA) is 95.9 Å². The number of hydrogen-bond acceptors (Lipinski definition) is 5. The van der Waals surface area contributed by atoms with Gasteiger partial charge < -0.3 is 20.3 Å². The fourth-order valence-corrected chi connectivity index (χ4v) is 4.57. The highest BCUT2D eigenvalue weighted by Crippen LogP contribution is 2.30. The van der Waals surface area contributed by atoms with E-state index in [0.29, 0.717) is 29.4 Å². The molecule has 8 heteroatoms. The van der Waals surface area contributed by atoms with Crippen LogP contribution in [0.15, 0.2) is 47.8 Å². The van der Waals surface area contributed by atoms with Crippen LogP contribution in [0, 0.1) is 5.92 Å². The lowest BCUT2D eigenvalue weighted by molar-refractivity contribution is -0.142. The highest BCUT2D eigenvalue weighted by Gasteiger charge is 2.24. The summed E-state index contributed by atoms with van der Waals surface area (Å²) in [6, 6.07) is 11.9. The van der Waals surface area contributed by atoms with Gasteiger partial charge in [0.1, 0.15) is 18.4 Å². The molecule has 0 aliphatic carbocycles. The summed E-state index contributed by atoms with van der Waals surface area (Å²) in [5.74, 6) is -2.05. The van der Waals surface area contributed by atoms with Crippen LogP contribution in [-0.2, 0) is 16.2 Å². The molecule has 0 saturated carbocycles. The number of nitrogens with one attached hydrogen (secondary N) is 1. The van der Waals surface area contributed by atoms with Crippen molar-refractivity contribution < 1.29 is 24.5 Å². The summed E-state index contributed by atoms with van der Waals surface area (Å²) in [5.41, 5.74) is 1.62. The molecular formula is C24H26ClNO5S. The number of thiophene rings is 1. The van der Waals surface area contributed by atoms with Crippen molar-refractivity contribution in [3.63, 3.8) is 0 Å². The minimum atomic E-state index is -1.01. The lowest BCUT2D eigenvalue weighted by Gasteiger charge is -2.20. The average Bonchev–Trinajstić information content (AvgIpc) is 3.13. The Hall–Kier alpha value is -2.61. The first kappa shape index (κ1) is 24.0. The van der Waals surface area contributed by atoms with E-state index in [4.69, 9.17) is 16.3 Å². The van der Waals surface area contributed by atoms with E-state index in [2.05, 4.69) is 5.32 Å². The number of rotatable bonds is 11. The molecule has 3 rings (SSSR count). The van der Waals surface area contributed by atoms with E-state index in [1.165, 1.54) is 0 Å². The molecule has 0 radical (unpaired) electrons. The van der Waals surface area contributed by atoms with Crippen LogP contribution in [0.25, 0.3) is 10.1 Å². The Morgan fingerprint density at radius 2 is 1.81 bits per heavy atom. The van der Waals surface area contributed by atoms with Crippen LogP contribution >= 0.6 is 22.9 Å². The molecule has 0 bridgehead atoms. The van der Waals surface area contributed by atoms with Gasteiger partial charge in [0.05, 0.1) is 5.92 Å². The molecule has 1 aromatic heterocycles. The van der Waals surface area contributed by atoms with Crippen molar-refractivity contribution in [3.8, 4) is 5.75 Å². The monoisotopic (exact) mass is 475 g/mol. The Kier molecular flexibility index (Phi) is 8.12. The van der Waals surface area contributed by atoms with Gasteiger partial charge in [-0.05, 0) is 53.6 Å². The number of carboxylic acid groups (broad SMARTS) is 2. The lowest BCUT2D eigenvalue weighted by Crippen LogP contribution is -2.41. The molecule has 0 aliphatic heterocycles. The van der Waals surface area contributed by atoms with Crippen LogP contribution in [0.2, 0.25) is 5.02 Å². The number of carbonyl (C=O) groups is 2. The van der Waals surface area contributed by atoms with Crippen molar-refractivity contribution in [2.45, 2.75) is 38.8 Å². The standard InChI is InChI=1S/C24H26ClNO5S/c1-14(2)9-21(24(29)30)26-11-20(23(27)28)15-3-6-18(7-4-15)31-12-16-13-32-22-8-5-17(25)10-19(16)22/h3-8,10,13-14,20-21,26H,9,11-12H2,1-2H3,(H,27,28)(H,29,30). The number of benzene rings is 2. The van der Waals surface area contributed by atoms with Crippen LogP contribution in [0.5, 0.6) is 5.75 Å². The van der Waals surface area contributed by atoms with Gasteiger partial charge in [0, 0.05) is 27.2 Å². The Bertz CT molecular complexity index is 1080. The van der Waals surface area contributed by atoms with Crippen LogP contribution in [0.3, 0.4) is 0 Å². The third kappa shape index (κ3) is 6.22. The molecule has 0 saturated heterocycles. The van der Waals surface area contributed by atoms with Gasteiger partial charge in [-0.2, -0.15) is 0 Å². The first-order valence-electron chi connectivity index (χ1n) is 10.3. The second-order valence-corrected chi connectivity index (χ2v) is 9.43. The molecule has 1 heterocycles. The summed E-state index contributed by atoms with van der Waals surface area (Å²) in [7, 11) is 0. The molecule has 3 aromatic rings. The van der Waals surface area contributed by atoms with E-state index in [-0.39, 0.29) is 12.5 Å². The van der Waals surface area contributed by atoms with Crippen LogP contribution in [0.4, 0.5) is 0 Å². The summed E-state index contributed by atoms with van der Waals surface area (Å²) in [4.78, 5) is 23.2. The predicted octanol–water partition coefficient (Wildman–Crippen LogP) is 5.39. The van der Waals surface area contributed by atoms with Crippen LogP contribution in [0.1, 0.15) is 37.3 Å². The fourth-order valence-electron chi connectivity index (χ4n) is 3.47. The smallest absolute Gasteiger partial charge is 0.320 e. The van der Waals surface area contributed by atoms with Gasteiger partial charge in [-0.25, -0.2) is 0 Å². The molecule has 2 aromatic carbocycles. The molecule has 32 heavy (non-hydrogen) atoms. The molecular weight excluding hydrogens is 450 g/mol. The zero-order valence-corrected chi connectivity index (χ0v) is 19.4. The van der Waals surface area contributed by atoms with Crippen molar-refractivity contribution in [3.05, 3.63) is 64.0 Å². The van der Waals surface area contributed by atoms with Gasteiger partial charge in [-0.15, -0.1) is 11.3 Å². The Morgan fingerprint density at radius 3 is 2.44 bits per heavy atom. The summed E-state index contributed by atoms with van der Waals surface area (Å²) < 4.78 is 7.03. The van der Waals surface area contributed by atoms with Crippen LogP contribution in [-0.4, -0.2) is 34.7 Å². The van der Waals surface area contributed by atoms with Crippen molar-refractivity contribution >= 4 is 45.0 Å². The lowest BCUT2D eigenvalue weighted by atomic mass is 9.97. The summed E-state index contributed by atoms with van der Waals surface area (Å²) in [6.45, 7) is 4.26. The number of aliphatic carboxylic acids is 2. The third-order valence-corrected chi connectivity index (χ3v) is 6.41. The Labute approximate surface area is 195 Å². The summed E-state index contributed by atoms with van der Waals surface area (Å²) in [5, 5.41) is 25.7. The number of hydrogen-bond donors (Lipinski definition) is 3. The molecule has 2 atom stereocenters. The van der Waals surface area contributed by atoms with Gasteiger partial charge in [0.2, 0.25) is 0 Å². The number of fused-ring (bicyclic) bond motifs is 1. The SMILES string of the molecule is CC(C)CC(NCC(C(=O)O)c1ccc(OCc2csc3ccc(Cl)cc23)cc1)C(=O)O. The van der Waals surface area contributed by atoms with Crippen molar-refractivity contribution in [2.75, 3.05) is 6.54 Å². The van der Waals surface area contributed by atoms with Gasteiger partial charge in [-0.1, -0.05) is 37.6 Å². The second-order valence-electron chi connectivity index (χ2n) is 8.08. The summed E-state index contributed by atoms with van der Waals surface area (Å²) >= 11 is 7.73. The van der Waals surface area contributed by atoms with Crippen LogP contribution < -0.4 is 10.1 Å². The maximum absolute atomic E-state index is 11.8. The van der Waals surface area contributed by atoms with Crippen molar-refractivity contribution in [2.24, 2.45) is 5.92 Å². The number of halogens is 1. The molecule has 6 nitrogen and oxygen atoms in total. The highest BCUT2D eigenvalue weighted by atomic mass is 35.5. The highest BCUT2D eigenvalue weighted by molar-refractivity contribution is 7.17. The number of carboxylic acids is 2. The average molecular weight is 476 g/mol. The van der Waals surface area contributed by atoms with Crippen molar-refractivity contribution in [1.82, 2.24) is 5.32 Å². The maximum atomic E-state index is 11.8. The first-order valence-corrected chi connectivity index (χ1v) is 11.6. The minimum absolute atomic E-state index is 0.0286. The maximum Gasteiger partial charge on any atom is 0.320 e. The molecule has 2 unspecified atom stereocenters. The van der Waals surface area contributed by atoms with E-state index in [0.717, 1.165) is 15.6 Å². The molecule has 0 amide bonds. The number of ether oxygens (including phenoxy) is 1. The molecule has 0 fully saturated rings. The van der Waals surface area contributed by atoms with Gasteiger partial charge in [0.25, 0.3) is 0 Å². The van der Waals surface area contributed by atoms with E-state index in [1.807, 2.05) is 37.4 Å². The molecule has 0 spiro atoms. The molecule has 170 valence electrons. The predicted molar refractivity (Wildman–Crippen MR) is 127 cm³/mol. The Balaban J connectivity index is 1.64. The Morgan fingerprint density at radius 1 is 1.09 bits per heavy atom. The zero-order chi connectivity index (χ0) is 23.3. The fraction of sp³-hybridized carbons (Fsp3) is 0.333. The second kappa shape index (κ2) is 10.8. The first-order chi connectivity index (χ1) is 15.2. The van der Waals surface area contributed by atoms with Crippen molar-refractivity contribution in [1.29, 1.82) is 0 Å². The third-order valence-electron chi connectivity index (χ3n) is 5.16. The normalized spacial score (nSPS) is 13.2. The largest absolute Gasteiger partial charge is 0.489 e. The van der Waals surface area contributed by atoms with E-state index in [9.17, 15) is 19.8 Å². The minimum Gasteiger partial charge on any atom is -0.489 e.